The molecule has 1 heterocycles. The van der Waals surface area contributed by atoms with E-state index in [9.17, 15) is 17.6 Å². The van der Waals surface area contributed by atoms with E-state index in [1.54, 1.807) is 7.05 Å². The molecule has 0 saturated carbocycles. The first-order valence-electron chi connectivity index (χ1n) is 9.67. The van der Waals surface area contributed by atoms with Gasteiger partial charge in [-0.3, -0.25) is 10.2 Å². The lowest BCUT2D eigenvalue weighted by molar-refractivity contribution is 0.0975. The second-order valence-corrected chi connectivity index (χ2v) is 9.93. The van der Waals surface area contributed by atoms with Crippen LogP contribution in [-0.2, 0) is 16.3 Å². The molecule has 0 bridgehead atoms. The number of carbonyl (C=O) groups excluding carboxylic acids is 1. The fourth-order valence-electron chi connectivity index (χ4n) is 3.26. The second-order valence-electron chi connectivity index (χ2n) is 7.94. The molecular formula is C22H24FN3O5S. The van der Waals surface area contributed by atoms with E-state index in [0.717, 1.165) is 24.5 Å². The van der Waals surface area contributed by atoms with Gasteiger partial charge in [-0.25, -0.2) is 12.8 Å². The minimum Gasteiger partial charge on any atom is -0.487 e. The predicted molar refractivity (Wildman–Crippen MR) is 118 cm³/mol. The number of halogens is 1. The summed E-state index contributed by atoms with van der Waals surface area (Å²) in [7, 11) is -2.04. The van der Waals surface area contributed by atoms with Gasteiger partial charge in [-0.1, -0.05) is 0 Å². The summed E-state index contributed by atoms with van der Waals surface area (Å²) in [5, 5.41) is 13.0. The summed E-state index contributed by atoms with van der Waals surface area (Å²) in [6.45, 7) is 3.72. The summed E-state index contributed by atoms with van der Waals surface area (Å²) in [4.78, 5) is 12.5. The van der Waals surface area contributed by atoms with Crippen molar-refractivity contribution in [1.82, 2.24) is 10.6 Å². The third-order valence-electron chi connectivity index (χ3n) is 4.61. The summed E-state index contributed by atoms with van der Waals surface area (Å²) >= 11 is 0. The second kappa shape index (κ2) is 8.62. The van der Waals surface area contributed by atoms with Crippen LogP contribution in [0.2, 0.25) is 0 Å². The van der Waals surface area contributed by atoms with E-state index < -0.39 is 27.2 Å². The van der Waals surface area contributed by atoms with Crippen LogP contribution in [0.5, 0.6) is 17.2 Å². The van der Waals surface area contributed by atoms with Crippen LogP contribution in [0.1, 0.15) is 29.8 Å². The molecule has 2 aromatic carbocycles. The average molecular weight is 462 g/mol. The highest BCUT2D eigenvalue weighted by Crippen LogP contribution is 2.43. The van der Waals surface area contributed by atoms with E-state index >= 15 is 0 Å². The van der Waals surface area contributed by atoms with Gasteiger partial charge in [-0.15, -0.1) is 0 Å². The van der Waals surface area contributed by atoms with Crippen LogP contribution in [0.25, 0.3) is 0 Å². The van der Waals surface area contributed by atoms with Crippen LogP contribution in [0, 0.1) is 11.2 Å². The molecule has 0 spiro atoms. The van der Waals surface area contributed by atoms with Gasteiger partial charge in [0.25, 0.3) is 5.91 Å². The van der Waals surface area contributed by atoms with Crippen molar-refractivity contribution < 1.29 is 27.1 Å². The molecule has 170 valence electrons. The monoisotopic (exact) mass is 461 g/mol. The molecule has 8 nitrogen and oxygen atoms in total. The molecule has 1 aliphatic heterocycles. The molecule has 10 heteroatoms. The maximum absolute atomic E-state index is 13.9. The number of amides is 1. The molecule has 3 rings (SSSR count). The standard InChI is InChI=1S/C22H24FN3O5S/c1-22(2)12-15-16(30-18-11-14(23)5-6-19(18)32(4,28)29)9-13(10-17(15)31-22)21(27)26-20(24)7-8-25-3/h5-11,25H,12H2,1-4H3,(H2,24,26,27)/b8-7-. The Kier molecular flexibility index (Phi) is 6.27. The maximum atomic E-state index is 13.9. The van der Waals surface area contributed by atoms with Gasteiger partial charge in [-0.05, 0) is 50.4 Å². The predicted octanol–water partition coefficient (Wildman–Crippen LogP) is 3.18. The molecule has 0 radical (unpaired) electrons. The maximum Gasteiger partial charge on any atom is 0.257 e. The Morgan fingerprint density at radius 3 is 2.62 bits per heavy atom. The minimum atomic E-state index is -3.70. The van der Waals surface area contributed by atoms with Gasteiger partial charge in [0.2, 0.25) is 0 Å². The molecule has 0 fully saturated rings. The number of ether oxygens (including phenoxy) is 2. The number of sulfone groups is 1. The Morgan fingerprint density at radius 2 is 1.97 bits per heavy atom. The Labute approximate surface area is 185 Å². The summed E-state index contributed by atoms with van der Waals surface area (Å²) in [5.74, 6) is -1.02. The van der Waals surface area contributed by atoms with Crippen LogP contribution in [-0.4, -0.2) is 39.1 Å². The lowest BCUT2D eigenvalue weighted by atomic mass is 9.99. The SMILES string of the molecule is CN/C=C\C(=N)NC(=O)c1cc(Oc2cc(F)ccc2S(C)(=O)=O)c2c(c1)OC(C)(C)C2. The van der Waals surface area contributed by atoms with Gasteiger partial charge < -0.3 is 20.1 Å². The molecule has 2 aromatic rings. The number of nitrogens with one attached hydrogen (secondary N) is 3. The quantitative estimate of drug-likeness (QED) is 0.346. The number of carbonyl (C=O) groups is 1. The van der Waals surface area contributed by atoms with Crippen molar-refractivity contribution >= 4 is 21.6 Å². The molecule has 0 saturated heterocycles. The Bertz CT molecular complexity index is 1220. The molecule has 3 N–H and O–H groups in total. The van der Waals surface area contributed by atoms with Crippen molar-refractivity contribution in [3.8, 4) is 17.2 Å². The number of amidine groups is 1. The summed E-state index contributed by atoms with van der Waals surface area (Å²) in [5.41, 5.74) is 0.177. The first kappa shape index (κ1) is 23.3. The van der Waals surface area contributed by atoms with Gasteiger partial charge >= 0.3 is 0 Å². The molecular weight excluding hydrogens is 437 g/mol. The number of hydrogen-bond donors (Lipinski definition) is 3. The summed E-state index contributed by atoms with van der Waals surface area (Å²) in [6, 6.07) is 6.10. The summed E-state index contributed by atoms with van der Waals surface area (Å²) in [6.07, 6.45) is 4.29. The third-order valence-corrected chi connectivity index (χ3v) is 5.75. The lowest BCUT2D eigenvalue weighted by Gasteiger charge is -2.16. The first-order chi connectivity index (χ1) is 14.9. The van der Waals surface area contributed by atoms with E-state index in [-0.39, 0.29) is 27.8 Å². The van der Waals surface area contributed by atoms with E-state index in [0.29, 0.717) is 17.7 Å². The fourth-order valence-corrected chi connectivity index (χ4v) is 4.04. The van der Waals surface area contributed by atoms with E-state index in [4.69, 9.17) is 14.9 Å². The number of rotatable bonds is 6. The van der Waals surface area contributed by atoms with E-state index in [1.165, 1.54) is 24.4 Å². The van der Waals surface area contributed by atoms with Gasteiger partial charge in [0.05, 0.1) is 0 Å². The van der Waals surface area contributed by atoms with Crippen molar-refractivity contribution in [1.29, 1.82) is 5.41 Å². The first-order valence-corrected chi connectivity index (χ1v) is 11.6. The van der Waals surface area contributed by atoms with E-state index in [1.807, 2.05) is 13.8 Å². The highest BCUT2D eigenvalue weighted by molar-refractivity contribution is 7.90. The van der Waals surface area contributed by atoms with Gasteiger partial charge in [0.15, 0.2) is 9.84 Å². The smallest absolute Gasteiger partial charge is 0.257 e. The highest BCUT2D eigenvalue weighted by Gasteiger charge is 2.34. The number of benzene rings is 2. The molecule has 32 heavy (non-hydrogen) atoms. The van der Waals surface area contributed by atoms with Crippen molar-refractivity contribution in [2.75, 3.05) is 13.3 Å². The van der Waals surface area contributed by atoms with Crippen LogP contribution >= 0.6 is 0 Å². The van der Waals surface area contributed by atoms with Gasteiger partial charge in [0.1, 0.15) is 39.4 Å². The minimum absolute atomic E-state index is 0.136. The van der Waals surface area contributed by atoms with Crippen LogP contribution in [0.15, 0.2) is 47.5 Å². The van der Waals surface area contributed by atoms with Crippen molar-refractivity contribution in [3.63, 3.8) is 0 Å². The fraction of sp³-hybridized carbons (Fsp3) is 0.273. The van der Waals surface area contributed by atoms with Crippen LogP contribution in [0.3, 0.4) is 0 Å². The van der Waals surface area contributed by atoms with Gasteiger partial charge in [-0.2, -0.15) is 0 Å². The molecule has 0 aliphatic carbocycles. The topological polar surface area (TPSA) is 118 Å². The summed E-state index contributed by atoms with van der Waals surface area (Å²) < 4.78 is 50.0. The van der Waals surface area contributed by atoms with Crippen molar-refractivity contribution in [3.05, 3.63) is 59.6 Å². The number of hydrogen-bond acceptors (Lipinski definition) is 7. The van der Waals surface area contributed by atoms with Crippen molar-refractivity contribution in [2.45, 2.75) is 30.8 Å². The Morgan fingerprint density at radius 1 is 1.25 bits per heavy atom. The molecule has 1 aliphatic rings. The van der Waals surface area contributed by atoms with Crippen molar-refractivity contribution in [2.24, 2.45) is 0 Å². The van der Waals surface area contributed by atoms with E-state index in [2.05, 4.69) is 10.6 Å². The Balaban J connectivity index is 2.05. The molecule has 0 unspecified atom stereocenters. The zero-order valence-corrected chi connectivity index (χ0v) is 18.9. The Hall–Kier alpha value is -3.40. The lowest BCUT2D eigenvalue weighted by Crippen LogP contribution is -2.28. The molecule has 0 aromatic heterocycles. The highest BCUT2D eigenvalue weighted by atomic mass is 32.2. The van der Waals surface area contributed by atoms with Crippen LogP contribution < -0.4 is 20.1 Å². The normalized spacial score (nSPS) is 14.5. The largest absolute Gasteiger partial charge is 0.487 e. The van der Waals surface area contributed by atoms with Gasteiger partial charge in [0, 0.05) is 36.9 Å². The molecule has 1 amide bonds. The molecule has 0 atom stereocenters. The third kappa shape index (κ3) is 5.25. The number of fused-ring (bicyclic) bond motifs is 1. The zero-order chi connectivity index (χ0) is 23.7. The average Bonchev–Trinajstić information content (AvgIpc) is 2.99. The van der Waals surface area contributed by atoms with Crippen LogP contribution in [0.4, 0.5) is 4.39 Å². The zero-order valence-electron chi connectivity index (χ0n) is 18.1.